The minimum Gasteiger partial charge on any atom is -0.508 e. The van der Waals surface area contributed by atoms with E-state index < -0.39 is 30.0 Å². The number of carboxylic acid groups (broad SMARTS) is 1. The van der Waals surface area contributed by atoms with E-state index in [9.17, 15) is 24.6 Å². The Morgan fingerprint density at radius 3 is 2.55 bits per heavy atom. The van der Waals surface area contributed by atoms with Crippen molar-refractivity contribution in [3.63, 3.8) is 0 Å². The van der Waals surface area contributed by atoms with E-state index in [0.717, 1.165) is 5.56 Å². The fourth-order valence-corrected chi connectivity index (χ4v) is 3.54. The highest BCUT2D eigenvalue weighted by Gasteiger charge is 2.37. The van der Waals surface area contributed by atoms with Gasteiger partial charge in [-0.15, -0.1) is 0 Å². The lowest BCUT2D eigenvalue weighted by atomic mass is 10.0. The molecule has 31 heavy (non-hydrogen) atoms. The van der Waals surface area contributed by atoms with Crippen molar-refractivity contribution < 1.29 is 24.6 Å². The molecule has 3 atom stereocenters. The first-order valence-corrected chi connectivity index (χ1v) is 10.1. The Morgan fingerprint density at radius 1 is 1.26 bits per heavy atom. The highest BCUT2D eigenvalue weighted by atomic mass is 16.4. The van der Waals surface area contributed by atoms with Crippen molar-refractivity contribution in [2.75, 3.05) is 13.1 Å². The van der Waals surface area contributed by atoms with Gasteiger partial charge in [-0.1, -0.05) is 12.1 Å². The maximum absolute atomic E-state index is 12.8. The van der Waals surface area contributed by atoms with Crippen LogP contribution in [0, 0.1) is 5.41 Å². The topological polar surface area (TPSA) is 195 Å². The van der Waals surface area contributed by atoms with Crippen LogP contribution in [-0.2, 0) is 20.8 Å². The Hall–Kier alpha value is -3.34. The fourth-order valence-electron chi connectivity index (χ4n) is 3.54. The molecule has 0 spiro atoms. The second-order valence-electron chi connectivity index (χ2n) is 7.55. The zero-order valence-corrected chi connectivity index (χ0v) is 17.2. The average Bonchev–Trinajstić information content (AvgIpc) is 3.20. The molecule has 1 heterocycles. The van der Waals surface area contributed by atoms with E-state index >= 15 is 0 Å². The quantitative estimate of drug-likeness (QED) is 0.139. The van der Waals surface area contributed by atoms with Crippen LogP contribution in [0.3, 0.4) is 0 Å². The summed E-state index contributed by atoms with van der Waals surface area (Å²) in [4.78, 5) is 38.5. The number of benzene rings is 1. The molecule has 170 valence electrons. The predicted molar refractivity (Wildman–Crippen MR) is 113 cm³/mol. The monoisotopic (exact) mass is 434 g/mol. The van der Waals surface area contributed by atoms with Gasteiger partial charge in [-0.2, -0.15) is 0 Å². The summed E-state index contributed by atoms with van der Waals surface area (Å²) in [7, 11) is 0. The van der Waals surface area contributed by atoms with Gasteiger partial charge >= 0.3 is 5.97 Å². The fraction of sp³-hybridized carbons (Fsp3) is 0.500. The molecule has 1 aliphatic heterocycles. The highest BCUT2D eigenvalue weighted by Crippen LogP contribution is 2.20. The first kappa shape index (κ1) is 23.9. The van der Waals surface area contributed by atoms with Gasteiger partial charge in [0.2, 0.25) is 11.8 Å². The molecule has 1 aromatic rings. The van der Waals surface area contributed by atoms with Gasteiger partial charge in [0, 0.05) is 13.1 Å². The summed E-state index contributed by atoms with van der Waals surface area (Å²) in [6, 6.07) is 3.64. The molecule has 1 aliphatic rings. The summed E-state index contributed by atoms with van der Waals surface area (Å²) in [5.74, 6) is -2.15. The summed E-state index contributed by atoms with van der Waals surface area (Å²) in [5, 5.41) is 30.9. The summed E-state index contributed by atoms with van der Waals surface area (Å²) in [6.07, 6.45) is 1.85. The first-order chi connectivity index (χ1) is 14.7. The molecule has 0 radical (unpaired) electrons. The minimum absolute atomic E-state index is 0.116. The van der Waals surface area contributed by atoms with Crippen LogP contribution in [0.15, 0.2) is 24.3 Å². The van der Waals surface area contributed by atoms with Crippen LogP contribution < -0.4 is 22.1 Å². The Morgan fingerprint density at radius 2 is 1.94 bits per heavy atom. The van der Waals surface area contributed by atoms with E-state index in [-0.39, 0.29) is 30.5 Å². The van der Waals surface area contributed by atoms with Gasteiger partial charge in [-0.05, 0) is 49.8 Å². The summed E-state index contributed by atoms with van der Waals surface area (Å²) >= 11 is 0. The molecule has 1 saturated heterocycles. The highest BCUT2D eigenvalue weighted by molar-refractivity contribution is 5.92. The van der Waals surface area contributed by atoms with Crippen LogP contribution in [0.2, 0.25) is 0 Å². The molecule has 0 unspecified atom stereocenters. The Kier molecular flexibility index (Phi) is 8.62. The van der Waals surface area contributed by atoms with Crippen LogP contribution in [0.25, 0.3) is 0 Å². The zero-order chi connectivity index (χ0) is 23.0. The van der Waals surface area contributed by atoms with Crippen LogP contribution in [0.1, 0.15) is 31.2 Å². The number of hydrogen-bond donors (Lipinski definition) is 7. The number of carbonyl (C=O) groups is 3. The van der Waals surface area contributed by atoms with E-state index in [4.69, 9.17) is 16.9 Å². The lowest BCUT2D eigenvalue weighted by molar-refractivity contribution is -0.144. The second kappa shape index (κ2) is 11.2. The molecule has 0 saturated carbocycles. The van der Waals surface area contributed by atoms with Gasteiger partial charge in [-0.25, -0.2) is 4.79 Å². The van der Waals surface area contributed by atoms with Gasteiger partial charge in [0.25, 0.3) is 0 Å². The lowest BCUT2D eigenvalue weighted by Gasteiger charge is -2.28. The normalized spacial score (nSPS) is 17.6. The van der Waals surface area contributed by atoms with Crippen molar-refractivity contribution >= 4 is 23.7 Å². The SMILES string of the molecule is N=C(N)NCCC[C@H](NC(=O)[C@@H]1CCCN1C(=O)[C@@H](N)Cc1ccc(O)cc1)C(=O)O. The van der Waals surface area contributed by atoms with Crippen molar-refractivity contribution in [2.45, 2.75) is 50.2 Å². The molecule has 11 heteroatoms. The number of carboxylic acids is 1. The van der Waals surface area contributed by atoms with Gasteiger partial charge in [0.15, 0.2) is 5.96 Å². The van der Waals surface area contributed by atoms with E-state index in [1.807, 2.05) is 0 Å². The Labute approximate surface area is 180 Å². The molecule has 1 aromatic carbocycles. The number of nitrogens with one attached hydrogen (secondary N) is 3. The Balaban J connectivity index is 1.94. The summed E-state index contributed by atoms with van der Waals surface area (Å²) < 4.78 is 0. The number of rotatable bonds is 10. The van der Waals surface area contributed by atoms with E-state index in [2.05, 4.69) is 10.6 Å². The molecule has 9 N–H and O–H groups in total. The number of amides is 2. The first-order valence-electron chi connectivity index (χ1n) is 10.1. The van der Waals surface area contributed by atoms with E-state index in [0.29, 0.717) is 32.4 Å². The Bertz CT molecular complexity index is 800. The molecular weight excluding hydrogens is 404 g/mol. The van der Waals surface area contributed by atoms with Crippen molar-refractivity contribution in [2.24, 2.45) is 11.5 Å². The molecule has 0 bridgehead atoms. The van der Waals surface area contributed by atoms with Crippen molar-refractivity contribution in [3.8, 4) is 5.75 Å². The number of guanidine groups is 1. The third kappa shape index (κ3) is 7.14. The van der Waals surface area contributed by atoms with Crippen LogP contribution in [0.4, 0.5) is 0 Å². The van der Waals surface area contributed by atoms with Crippen LogP contribution in [0.5, 0.6) is 5.75 Å². The lowest BCUT2D eigenvalue weighted by Crippen LogP contribution is -2.54. The smallest absolute Gasteiger partial charge is 0.326 e. The van der Waals surface area contributed by atoms with Gasteiger partial charge < -0.3 is 37.2 Å². The number of likely N-dealkylation sites (tertiary alicyclic amines) is 1. The average molecular weight is 434 g/mol. The van der Waals surface area contributed by atoms with Gasteiger partial charge in [-0.3, -0.25) is 15.0 Å². The maximum Gasteiger partial charge on any atom is 0.326 e. The van der Waals surface area contributed by atoms with E-state index in [1.54, 1.807) is 12.1 Å². The second-order valence-corrected chi connectivity index (χ2v) is 7.55. The molecule has 0 aliphatic carbocycles. The number of hydrogen-bond acceptors (Lipinski definition) is 6. The van der Waals surface area contributed by atoms with Gasteiger partial charge in [0.05, 0.1) is 6.04 Å². The predicted octanol–water partition coefficient (Wildman–Crippen LogP) is -0.914. The van der Waals surface area contributed by atoms with Crippen molar-refractivity contribution in [1.29, 1.82) is 5.41 Å². The number of phenols is 1. The number of aliphatic carboxylic acids is 1. The van der Waals surface area contributed by atoms with Crippen molar-refractivity contribution in [3.05, 3.63) is 29.8 Å². The van der Waals surface area contributed by atoms with Crippen LogP contribution >= 0.6 is 0 Å². The van der Waals surface area contributed by atoms with Crippen molar-refractivity contribution in [1.82, 2.24) is 15.5 Å². The number of carbonyl (C=O) groups excluding carboxylic acids is 2. The van der Waals surface area contributed by atoms with Gasteiger partial charge in [0.1, 0.15) is 17.8 Å². The summed E-state index contributed by atoms with van der Waals surface area (Å²) in [5.41, 5.74) is 12.0. The molecule has 0 aromatic heterocycles. The molecule has 11 nitrogen and oxygen atoms in total. The van der Waals surface area contributed by atoms with E-state index in [1.165, 1.54) is 17.0 Å². The third-order valence-electron chi connectivity index (χ3n) is 5.15. The molecule has 2 amide bonds. The zero-order valence-electron chi connectivity index (χ0n) is 17.2. The molecular formula is C20H30N6O5. The number of aromatic hydroxyl groups is 1. The third-order valence-corrected chi connectivity index (χ3v) is 5.15. The number of nitrogens with two attached hydrogens (primary N) is 2. The minimum atomic E-state index is -1.17. The standard InChI is InChI=1S/C20H30N6O5/c21-14(11-12-5-7-13(27)8-6-12)18(29)26-10-2-4-16(26)17(28)25-15(19(30)31)3-1-9-24-20(22)23/h5-8,14-16,27H,1-4,9-11,21H2,(H,25,28)(H,30,31)(H4,22,23,24)/t14-,15-,16-/m0/s1. The number of phenolic OH excluding ortho intramolecular Hbond substituents is 1. The molecule has 2 rings (SSSR count). The maximum atomic E-state index is 12.8. The number of nitrogens with zero attached hydrogens (tertiary/aromatic N) is 1. The van der Waals surface area contributed by atoms with Crippen LogP contribution in [-0.4, -0.2) is 70.1 Å². The summed E-state index contributed by atoms with van der Waals surface area (Å²) in [6.45, 7) is 0.690. The molecule has 1 fully saturated rings. The largest absolute Gasteiger partial charge is 0.508 e.